The molecule has 0 aliphatic rings. The fraction of sp³-hybridized carbons (Fsp3) is 0.538. The van der Waals surface area contributed by atoms with Crippen LogP contribution in [0.1, 0.15) is 45.6 Å². The van der Waals surface area contributed by atoms with Crippen molar-refractivity contribution in [1.82, 2.24) is 4.98 Å². The minimum atomic E-state index is 0.113. The molecule has 0 amide bonds. The van der Waals surface area contributed by atoms with E-state index in [1.54, 1.807) is 6.20 Å². The Morgan fingerprint density at radius 1 is 1.35 bits per heavy atom. The summed E-state index contributed by atoms with van der Waals surface area (Å²) >= 11 is 4.97. The summed E-state index contributed by atoms with van der Waals surface area (Å²) in [6.07, 6.45) is 4.94. The van der Waals surface area contributed by atoms with Gasteiger partial charge in [-0.2, -0.15) is 0 Å². The molecular formula is C13H21N3S. The van der Waals surface area contributed by atoms with Gasteiger partial charge in [0.25, 0.3) is 0 Å². The van der Waals surface area contributed by atoms with Crippen LogP contribution in [-0.2, 0) is 0 Å². The van der Waals surface area contributed by atoms with Crippen LogP contribution in [-0.4, -0.2) is 15.5 Å². The molecule has 0 atom stereocenters. The van der Waals surface area contributed by atoms with Crippen molar-refractivity contribution in [3.05, 3.63) is 23.9 Å². The van der Waals surface area contributed by atoms with Crippen molar-refractivity contribution in [2.75, 3.05) is 5.32 Å². The molecule has 0 spiro atoms. The second-order valence-electron chi connectivity index (χ2n) is 4.26. The van der Waals surface area contributed by atoms with E-state index >= 15 is 0 Å². The Hall–Kier alpha value is -1.16. The van der Waals surface area contributed by atoms with Gasteiger partial charge >= 0.3 is 0 Å². The summed E-state index contributed by atoms with van der Waals surface area (Å²) in [5, 5.41) is 3.51. The number of pyridine rings is 1. The molecule has 17 heavy (non-hydrogen) atoms. The van der Waals surface area contributed by atoms with Crippen LogP contribution in [0.2, 0.25) is 0 Å². The molecule has 3 nitrogen and oxygen atoms in total. The van der Waals surface area contributed by atoms with Crippen LogP contribution < -0.4 is 11.1 Å². The highest BCUT2D eigenvalue weighted by Gasteiger charge is 2.23. The first-order valence-corrected chi connectivity index (χ1v) is 6.51. The largest absolute Gasteiger partial charge is 0.389 e. The van der Waals surface area contributed by atoms with Crippen LogP contribution >= 0.6 is 12.2 Å². The molecule has 0 aliphatic heterocycles. The van der Waals surface area contributed by atoms with E-state index in [0.717, 1.165) is 30.6 Å². The van der Waals surface area contributed by atoms with E-state index in [4.69, 9.17) is 18.0 Å². The maximum atomic E-state index is 5.62. The molecule has 1 rings (SSSR count). The van der Waals surface area contributed by atoms with Gasteiger partial charge in [-0.15, -0.1) is 0 Å². The molecule has 0 unspecified atom stereocenters. The number of anilines is 1. The van der Waals surface area contributed by atoms with E-state index in [9.17, 15) is 0 Å². The summed E-state index contributed by atoms with van der Waals surface area (Å²) in [5.74, 6) is 0.848. The van der Waals surface area contributed by atoms with E-state index in [1.165, 1.54) is 0 Å². The number of rotatable bonds is 6. The minimum Gasteiger partial charge on any atom is -0.389 e. The van der Waals surface area contributed by atoms with E-state index in [0.29, 0.717) is 4.99 Å². The number of nitrogens with one attached hydrogen (secondary N) is 1. The van der Waals surface area contributed by atoms with Gasteiger partial charge in [0.1, 0.15) is 10.8 Å². The Kier molecular flexibility index (Phi) is 4.87. The van der Waals surface area contributed by atoms with Gasteiger partial charge in [-0.1, -0.05) is 33.0 Å². The van der Waals surface area contributed by atoms with E-state index in [1.807, 2.05) is 12.1 Å². The predicted octanol–water partition coefficient (Wildman–Crippen LogP) is 3.10. The van der Waals surface area contributed by atoms with Crippen LogP contribution in [0, 0.1) is 0 Å². The van der Waals surface area contributed by atoms with Crippen LogP contribution in [0.25, 0.3) is 0 Å². The van der Waals surface area contributed by atoms with Crippen molar-refractivity contribution in [2.45, 2.75) is 45.6 Å². The second-order valence-corrected chi connectivity index (χ2v) is 4.70. The summed E-state index contributed by atoms with van der Waals surface area (Å²) in [7, 11) is 0. The molecule has 1 aromatic rings. The second kappa shape index (κ2) is 5.96. The van der Waals surface area contributed by atoms with E-state index in [2.05, 4.69) is 31.1 Å². The average Bonchev–Trinajstić information content (AvgIpc) is 2.36. The predicted molar refractivity (Wildman–Crippen MR) is 77.4 cm³/mol. The highest BCUT2D eigenvalue weighted by Crippen LogP contribution is 2.24. The molecule has 94 valence electrons. The van der Waals surface area contributed by atoms with Gasteiger partial charge in [0, 0.05) is 17.3 Å². The lowest BCUT2D eigenvalue weighted by Crippen LogP contribution is -2.36. The zero-order valence-corrected chi connectivity index (χ0v) is 11.6. The molecule has 0 aliphatic carbocycles. The van der Waals surface area contributed by atoms with Gasteiger partial charge in [-0.05, 0) is 31.4 Å². The highest BCUT2D eigenvalue weighted by molar-refractivity contribution is 7.80. The number of hydrogen-bond donors (Lipinski definition) is 2. The average molecular weight is 251 g/mol. The lowest BCUT2D eigenvalue weighted by atomic mass is 9.90. The summed E-state index contributed by atoms with van der Waals surface area (Å²) in [6, 6.07) is 3.75. The maximum Gasteiger partial charge on any atom is 0.127 e. The zero-order chi connectivity index (χ0) is 12.9. The Bertz CT molecular complexity index is 378. The van der Waals surface area contributed by atoms with Crippen molar-refractivity contribution in [3.8, 4) is 0 Å². The quantitative estimate of drug-likeness (QED) is 0.763. The zero-order valence-electron chi connectivity index (χ0n) is 10.8. The normalized spacial score (nSPS) is 11.2. The number of aromatic nitrogens is 1. The molecule has 0 aromatic carbocycles. The standard InChI is InChI=1S/C13H21N3S/c1-4-13(5-2,6-3)16-11-9-10(12(14)17)7-8-15-11/h7-9H,4-6H2,1-3H3,(H2,14,17)(H,15,16). The van der Waals surface area contributed by atoms with Crippen molar-refractivity contribution >= 4 is 23.0 Å². The Morgan fingerprint density at radius 3 is 2.41 bits per heavy atom. The van der Waals surface area contributed by atoms with Gasteiger partial charge in [0.05, 0.1) is 0 Å². The van der Waals surface area contributed by atoms with Crippen LogP contribution in [0.4, 0.5) is 5.82 Å². The number of hydrogen-bond acceptors (Lipinski definition) is 3. The third-order valence-electron chi connectivity index (χ3n) is 3.47. The van der Waals surface area contributed by atoms with Crippen molar-refractivity contribution in [2.24, 2.45) is 5.73 Å². The van der Waals surface area contributed by atoms with Crippen LogP contribution in [0.5, 0.6) is 0 Å². The fourth-order valence-electron chi connectivity index (χ4n) is 1.94. The van der Waals surface area contributed by atoms with Crippen LogP contribution in [0.3, 0.4) is 0 Å². The van der Waals surface area contributed by atoms with Gasteiger partial charge in [0.15, 0.2) is 0 Å². The van der Waals surface area contributed by atoms with Crippen LogP contribution in [0.15, 0.2) is 18.3 Å². The SMILES string of the molecule is CCC(CC)(CC)Nc1cc(C(N)=S)ccn1. The summed E-state index contributed by atoms with van der Waals surface area (Å²) < 4.78 is 0. The summed E-state index contributed by atoms with van der Waals surface area (Å²) in [4.78, 5) is 4.73. The van der Waals surface area contributed by atoms with E-state index < -0.39 is 0 Å². The molecule has 0 fully saturated rings. The highest BCUT2D eigenvalue weighted by atomic mass is 32.1. The molecule has 0 saturated heterocycles. The first-order chi connectivity index (χ1) is 8.06. The number of nitrogens with zero attached hydrogens (tertiary/aromatic N) is 1. The summed E-state index contributed by atoms with van der Waals surface area (Å²) in [5.41, 5.74) is 6.59. The third-order valence-corrected chi connectivity index (χ3v) is 3.70. The first-order valence-electron chi connectivity index (χ1n) is 6.11. The Labute approximate surface area is 109 Å². The fourth-order valence-corrected chi connectivity index (χ4v) is 2.07. The lowest BCUT2D eigenvalue weighted by Gasteiger charge is -2.32. The topological polar surface area (TPSA) is 50.9 Å². The Morgan fingerprint density at radius 2 is 1.94 bits per heavy atom. The van der Waals surface area contributed by atoms with Crippen molar-refractivity contribution in [3.63, 3.8) is 0 Å². The molecular weight excluding hydrogens is 230 g/mol. The molecule has 3 N–H and O–H groups in total. The molecule has 0 radical (unpaired) electrons. The molecule has 1 aromatic heterocycles. The number of nitrogens with two attached hydrogens (primary N) is 1. The molecule has 4 heteroatoms. The monoisotopic (exact) mass is 251 g/mol. The van der Waals surface area contributed by atoms with Gasteiger partial charge in [0.2, 0.25) is 0 Å². The van der Waals surface area contributed by atoms with Gasteiger partial charge in [-0.3, -0.25) is 0 Å². The van der Waals surface area contributed by atoms with Crippen molar-refractivity contribution in [1.29, 1.82) is 0 Å². The minimum absolute atomic E-state index is 0.113. The molecule has 0 bridgehead atoms. The molecule has 0 saturated carbocycles. The third kappa shape index (κ3) is 3.40. The number of thiocarbonyl (C=S) groups is 1. The lowest BCUT2D eigenvalue weighted by molar-refractivity contribution is 0.419. The maximum absolute atomic E-state index is 5.62. The smallest absolute Gasteiger partial charge is 0.127 e. The summed E-state index contributed by atoms with van der Waals surface area (Å²) in [6.45, 7) is 6.58. The van der Waals surface area contributed by atoms with Gasteiger partial charge < -0.3 is 11.1 Å². The van der Waals surface area contributed by atoms with E-state index in [-0.39, 0.29) is 5.54 Å². The Balaban J connectivity index is 2.93. The first kappa shape index (κ1) is 13.9. The molecule has 1 heterocycles. The van der Waals surface area contributed by atoms with Crippen molar-refractivity contribution < 1.29 is 0 Å². The van der Waals surface area contributed by atoms with Gasteiger partial charge in [-0.25, -0.2) is 4.98 Å².